The van der Waals surface area contributed by atoms with Crippen LogP contribution in [0, 0.1) is 5.92 Å². The molecular formula is C20H34N4O. The maximum absolute atomic E-state index is 12.1. The zero-order valence-corrected chi connectivity index (χ0v) is 16.4. The Kier molecular flexibility index (Phi) is 6.85. The smallest absolute Gasteiger partial charge is 0.319 e. The van der Waals surface area contributed by atoms with E-state index in [0.717, 1.165) is 38.4 Å². The fourth-order valence-corrected chi connectivity index (χ4v) is 3.03. The number of benzene rings is 1. The third-order valence-electron chi connectivity index (χ3n) is 4.79. The van der Waals surface area contributed by atoms with E-state index < -0.39 is 0 Å². The van der Waals surface area contributed by atoms with Gasteiger partial charge in [0.05, 0.1) is 0 Å². The lowest BCUT2D eigenvalue weighted by Gasteiger charge is -2.33. The van der Waals surface area contributed by atoms with E-state index in [9.17, 15) is 4.79 Å². The van der Waals surface area contributed by atoms with Crippen molar-refractivity contribution in [3.63, 3.8) is 0 Å². The summed E-state index contributed by atoms with van der Waals surface area (Å²) in [6.07, 6.45) is 0. The molecule has 2 rings (SSSR count). The molecule has 0 aromatic heterocycles. The van der Waals surface area contributed by atoms with Gasteiger partial charge in [-0.1, -0.05) is 39.8 Å². The molecule has 0 unspecified atom stereocenters. The zero-order valence-electron chi connectivity index (χ0n) is 16.4. The Morgan fingerprint density at radius 2 is 1.72 bits per heavy atom. The quantitative estimate of drug-likeness (QED) is 0.862. The Morgan fingerprint density at radius 3 is 2.28 bits per heavy atom. The second kappa shape index (κ2) is 8.68. The van der Waals surface area contributed by atoms with Crippen molar-refractivity contribution in [2.75, 3.05) is 51.6 Å². The zero-order chi connectivity index (χ0) is 18.4. The lowest BCUT2D eigenvalue weighted by Crippen LogP contribution is -2.47. The van der Waals surface area contributed by atoms with E-state index in [1.54, 1.807) is 0 Å². The number of nitrogens with one attached hydrogen (secondary N) is 2. The third-order valence-corrected chi connectivity index (χ3v) is 4.79. The summed E-state index contributed by atoms with van der Waals surface area (Å²) in [4.78, 5) is 16.9. The van der Waals surface area contributed by atoms with Crippen LogP contribution < -0.4 is 10.6 Å². The summed E-state index contributed by atoms with van der Waals surface area (Å²) in [5.74, 6) is 0.442. The van der Waals surface area contributed by atoms with Crippen LogP contribution in [0.3, 0.4) is 0 Å². The summed E-state index contributed by atoms with van der Waals surface area (Å²) in [6, 6.07) is 7.95. The molecule has 1 heterocycles. The van der Waals surface area contributed by atoms with Crippen LogP contribution in [-0.2, 0) is 5.41 Å². The molecule has 5 nitrogen and oxygen atoms in total. The Hall–Kier alpha value is -1.59. The minimum atomic E-state index is -0.131. The lowest BCUT2D eigenvalue weighted by molar-refractivity contribution is 0.138. The summed E-state index contributed by atoms with van der Waals surface area (Å²) < 4.78 is 0. The first-order chi connectivity index (χ1) is 11.7. The van der Waals surface area contributed by atoms with Crippen LogP contribution in [0.4, 0.5) is 10.5 Å². The predicted octanol–water partition coefficient (Wildman–Crippen LogP) is 2.99. The minimum absolute atomic E-state index is 0.124. The summed E-state index contributed by atoms with van der Waals surface area (Å²) in [7, 11) is 2.17. The first-order valence-corrected chi connectivity index (χ1v) is 9.30. The van der Waals surface area contributed by atoms with Gasteiger partial charge in [-0.3, -0.25) is 0 Å². The lowest BCUT2D eigenvalue weighted by atomic mass is 9.87. The van der Waals surface area contributed by atoms with Crippen molar-refractivity contribution in [1.29, 1.82) is 0 Å². The van der Waals surface area contributed by atoms with Crippen molar-refractivity contribution in [2.24, 2.45) is 5.92 Å². The largest absolute Gasteiger partial charge is 0.338 e. The number of rotatable bonds is 5. The van der Waals surface area contributed by atoms with Gasteiger partial charge in [-0.25, -0.2) is 4.79 Å². The second-order valence-corrected chi connectivity index (χ2v) is 8.37. The van der Waals surface area contributed by atoms with Crippen LogP contribution in [0.15, 0.2) is 24.3 Å². The molecule has 0 spiro atoms. The Balaban J connectivity index is 1.71. The van der Waals surface area contributed by atoms with E-state index in [0.29, 0.717) is 12.5 Å². The topological polar surface area (TPSA) is 47.6 Å². The average Bonchev–Trinajstić information content (AvgIpc) is 2.55. The van der Waals surface area contributed by atoms with Crippen molar-refractivity contribution >= 4 is 11.7 Å². The SMILES string of the molecule is C[C@H](CNC(=O)Nc1ccc(C(C)(C)C)cc1)CN1CCN(C)CC1. The molecule has 0 aliphatic carbocycles. The first-order valence-electron chi connectivity index (χ1n) is 9.30. The standard InChI is InChI=1S/C20H34N4O/c1-16(15-24-12-10-23(5)11-13-24)14-21-19(25)22-18-8-6-17(7-9-18)20(2,3)4/h6-9,16H,10-15H2,1-5H3,(H2,21,22,25)/t16-/m1/s1. The molecule has 140 valence electrons. The highest BCUT2D eigenvalue weighted by Gasteiger charge is 2.17. The van der Waals surface area contributed by atoms with E-state index in [-0.39, 0.29) is 11.4 Å². The molecule has 0 radical (unpaired) electrons. The average molecular weight is 347 g/mol. The van der Waals surface area contributed by atoms with Crippen LogP contribution in [-0.4, -0.2) is 62.1 Å². The molecule has 1 aromatic carbocycles. The minimum Gasteiger partial charge on any atom is -0.338 e. The molecule has 1 aliphatic rings. The number of hydrogen-bond donors (Lipinski definition) is 2. The highest BCUT2D eigenvalue weighted by Crippen LogP contribution is 2.23. The van der Waals surface area contributed by atoms with Crippen molar-refractivity contribution in [1.82, 2.24) is 15.1 Å². The van der Waals surface area contributed by atoms with Crippen LogP contribution in [0.2, 0.25) is 0 Å². The maximum atomic E-state index is 12.1. The van der Waals surface area contributed by atoms with E-state index >= 15 is 0 Å². The molecule has 1 fully saturated rings. The molecule has 2 amide bonds. The van der Waals surface area contributed by atoms with Gasteiger partial charge in [-0.15, -0.1) is 0 Å². The number of piperazine rings is 1. The number of carbonyl (C=O) groups excluding carboxylic acids is 1. The number of nitrogens with zero attached hydrogens (tertiary/aromatic N) is 2. The van der Waals surface area contributed by atoms with E-state index in [1.165, 1.54) is 5.56 Å². The van der Waals surface area contributed by atoms with Gasteiger partial charge in [0.2, 0.25) is 0 Å². The van der Waals surface area contributed by atoms with Gasteiger partial charge in [-0.2, -0.15) is 0 Å². The van der Waals surface area contributed by atoms with Gasteiger partial charge in [0.25, 0.3) is 0 Å². The molecule has 2 N–H and O–H groups in total. The molecular weight excluding hydrogens is 312 g/mol. The van der Waals surface area contributed by atoms with Gasteiger partial charge in [0.1, 0.15) is 0 Å². The normalized spacial score (nSPS) is 18.0. The summed E-state index contributed by atoms with van der Waals surface area (Å²) in [5, 5.41) is 5.90. The summed E-state index contributed by atoms with van der Waals surface area (Å²) >= 11 is 0. The second-order valence-electron chi connectivity index (χ2n) is 8.37. The van der Waals surface area contributed by atoms with Crippen LogP contribution in [0.25, 0.3) is 0 Å². The first kappa shape index (κ1) is 19.7. The molecule has 1 aliphatic heterocycles. The van der Waals surface area contributed by atoms with Crippen LogP contribution >= 0.6 is 0 Å². The number of hydrogen-bond acceptors (Lipinski definition) is 3. The van der Waals surface area contributed by atoms with E-state index in [4.69, 9.17) is 0 Å². The molecule has 0 bridgehead atoms. The van der Waals surface area contributed by atoms with Gasteiger partial charge in [0, 0.05) is 45.0 Å². The highest BCUT2D eigenvalue weighted by molar-refractivity contribution is 5.89. The molecule has 5 heteroatoms. The Morgan fingerprint density at radius 1 is 1.12 bits per heavy atom. The number of carbonyl (C=O) groups is 1. The Bertz CT molecular complexity index is 542. The van der Waals surface area contributed by atoms with Gasteiger partial charge >= 0.3 is 6.03 Å². The molecule has 25 heavy (non-hydrogen) atoms. The maximum Gasteiger partial charge on any atom is 0.319 e. The van der Waals surface area contributed by atoms with Crippen LogP contribution in [0.1, 0.15) is 33.3 Å². The van der Waals surface area contributed by atoms with Crippen molar-refractivity contribution in [3.05, 3.63) is 29.8 Å². The van der Waals surface area contributed by atoms with Gasteiger partial charge in [0.15, 0.2) is 0 Å². The number of urea groups is 1. The highest BCUT2D eigenvalue weighted by atomic mass is 16.2. The molecule has 1 atom stereocenters. The van der Waals surface area contributed by atoms with Gasteiger partial charge in [-0.05, 0) is 36.1 Å². The fraction of sp³-hybridized carbons (Fsp3) is 0.650. The van der Waals surface area contributed by atoms with Crippen LogP contribution in [0.5, 0.6) is 0 Å². The number of amides is 2. The summed E-state index contributed by atoms with van der Waals surface area (Å²) in [6.45, 7) is 15.0. The number of anilines is 1. The van der Waals surface area contributed by atoms with E-state index in [1.807, 2.05) is 12.1 Å². The molecule has 0 saturated carbocycles. The van der Waals surface area contributed by atoms with Crippen molar-refractivity contribution < 1.29 is 4.79 Å². The third kappa shape index (κ3) is 6.67. The van der Waals surface area contributed by atoms with E-state index in [2.05, 4.69) is 67.3 Å². The predicted molar refractivity (Wildman–Crippen MR) is 105 cm³/mol. The van der Waals surface area contributed by atoms with Crippen molar-refractivity contribution in [3.8, 4) is 0 Å². The fourth-order valence-electron chi connectivity index (χ4n) is 3.03. The monoisotopic (exact) mass is 346 g/mol. The summed E-state index contributed by atoms with van der Waals surface area (Å²) in [5.41, 5.74) is 2.22. The van der Waals surface area contributed by atoms with Gasteiger partial charge < -0.3 is 20.4 Å². The Labute approximate surface area is 152 Å². The molecule has 1 saturated heterocycles. The van der Waals surface area contributed by atoms with Crippen molar-refractivity contribution in [2.45, 2.75) is 33.1 Å². The molecule has 1 aromatic rings. The number of likely N-dealkylation sites (N-methyl/N-ethyl adjacent to an activating group) is 1.